The molecule has 0 fully saturated rings. The van der Waals surface area contributed by atoms with Crippen molar-refractivity contribution in [2.24, 2.45) is 4.99 Å². The van der Waals surface area contributed by atoms with E-state index in [0.29, 0.717) is 6.54 Å². The average Bonchev–Trinajstić information content (AvgIpc) is 3.07. The van der Waals surface area contributed by atoms with E-state index in [4.69, 9.17) is 4.99 Å². The van der Waals surface area contributed by atoms with Crippen molar-refractivity contribution in [3.63, 3.8) is 0 Å². The number of nitrogens with one attached hydrogen (secondary N) is 2. The number of para-hydroxylation sites is 1. The second-order valence-corrected chi connectivity index (χ2v) is 6.35. The van der Waals surface area contributed by atoms with Crippen LogP contribution in [0.4, 0.5) is 5.69 Å². The first-order valence-electron chi connectivity index (χ1n) is 8.84. The second-order valence-electron chi connectivity index (χ2n) is 6.35. The fourth-order valence-corrected chi connectivity index (χ4v) is 2.54. The van der Waals surface area contributed by atoms with Crippen LogP contribution < -0.4 is 10.6 Å². The van der Waals surface area contributed by atoms with Crippen LogP contribution in [0.25, 0.3) is 0 Å². The van der Waals surface area contributed by atoms with Gasteiger partial charge in [-0.2, -0.15) is 5.10 Å². The van der Waals surface area contributed by atoms with Gasteiger partial charge in [-0.25, -0.2) is 4.99 Å². The van der Waals surface area contributed by atoms with Gasteiger partial charge in [0.2, 0.25) is 0 Å². The third-order valence-corrected chi connectivity index (χ3v) is 3.97. The summed E-state index contributed by atoms with van der Waals surface area (Å²) in [7, 11) is 0. The van der Waals surface area contributed by atoms with Crippen LogP contribution in [0.5, 0.6) is 0 Å². The summed E-state index contributed by atoms with van der Waals surface area (Å²) < 4.78 is 1.93. The molecule has 0 aliphatic carbocycles. The largest absolute Gasteiger partial charge is 0.354 e. The van der Waals surface area contributed by atoms with E-state index in [-0.39, 0.29) is 0 Å². The molecule has 0 unspecified atom stereocenters. The molecule has 2 N–H and O–H groups in total. The van der Waals surface area contributed by atoms with Gasteiger partial charge in [0, 0.05) is 18.4 Å². The number of hydrogen-bond acceptors (Lipinski definition) is 2. The molecule has 5 heteroatoms. The van der Waals surface area contributed by atoms with Gasteiger partial charge in [-0.05, 0) is 37.1 Å². The van der Waals surface area contributed by atoms with Gasteiger partial charge in [-0.15, -0.1) is 0 Å². The Morgan fingerprint density at radius 2 is 1.77 bits per heavy atom. The van der Waals surface area contributed by atoms with Crippen molar-refractivity contribution in [2.75, 3.05) is 11.9 Å². The Morgan fingerprint density at radius 1 is 1.00 bits per heavy atom. The van der Waals surface area contributed by atoms with Crippen LogP contribution in [0, 0.1) is 13.8 Å². The van der Waals surface area contributed by atoms with E-state index in [2.05, 4.69) is 46.9 Å². The molecule has 0 bridgehead atoms. The highest BCUT2D eigenvalue weighted by Crippen LogP contribution is 2.07. The van der Waals surface area contributed by atoms with Gasteiger partial charge in [-0.3, -0.25) is 4.68 Å². The molecule has 0 radical (unpaired) electrons. The van der Waals surface area contributed by atoms with Crippen molar-refractivity contribution in [3.8, 4) is 0 Å². The summed E-state index contributed by atoms with van der Waals surface area (Å²) in [6.45, 7) is 6.29. The van der Waals surface area contributed by atoms with Crippen molar-refractivity contribution in [1.29, 1.82) is 0 Å². The molecule has 0 amide bonds. The van der Waals surface area contributed by atoms with E-state index >= 15 is 0 Å². The third-order valence-electron chi connectivity index (χ3n) is 3.97. The number of rotatable bonds is 6. The van der Waals surface area contributed by atoms with Gasteiger partial charge >= 0.3 is 0 Å². The van der Waals surface area contributed by atoms with E-state index in [0.717, 1.165) is 24.7 Å². The molecule has 5 nitrogen and oxygen atoms in total. The molecule has 3 aromatic rings. The van der Waals surface area contributed by atoms with Crippen LogP contribution >= 0.6 is 0 Å². The first kappa shape index (κ1) is 17.7. The smallest absolute Gasteiger partial charge is 0.196 e. The van der Waals surface area contributed by atoms with Gasteiger partial charge in [0.1, 0.15) is 0 Å². The van der Waals surface area contributed by atoms with Crippen LogP contribution in [0.2, 0.25) is 0 Å². The summed E-state index contributed by atoms with van der Waals surface area (Å²) >= 11 is 0. The standard InChI is InChI=1S/C21H25N5/c1-17-8-10-19(11-9-17)15-23-21(25-20-6-4-3-5-7-20)22-12-13-26-16-18(2)14-24-26/h3-11,14,16H,12-13,15H2,1-2H3,(H2,22,23,25). The van der Waals surface area contributed by atoms with Gasteiger partial charge in [0.25, 0.3) is 0 Å². The molecule has 134 valence electrons. The Kier molecular flexibility index (Phi) is 6.04. The molecule has 0 saturated carbocycles. The highest BCUT2D eigenvalue weighted by molar-refractivity contribution is 5.93. The van der Waals surface area contributed by atoms with Gasteiger partial charge < -0.3 is 10.6 Å². The zero-order valence-corrected chi connectivity index (χ0v) is 15.3. The molecule has 3 rings (SSSR count). The monoisotopic (exact) mass is 347 g/mol. The normalized spacial score (nSPS) is 11.4. The molecular weight excluding hydrogens is 322 g/mol. The maximum Gasteiger partial charge on any atom is 0.196 e. The zero-order chi connectivity index (χ0) is 18.2. The number of aromatic nitrogens is 2. The molecule has 0 atom stereocenters. The Morgan fingerprint density at radius 3 is 2.46 bits per heavy atom. The third kappa shape index (κ3) is 5.48. The van der Waals surface area contributed by atoms with Crippen molar-refractivity contribution in [1.82, 2.24) is 15.1 Å². The lowest BCUT2D eigenvalue weighted by molar-refractivity contribution is 0.602. The number of nitrogens with zero attached hydrogens (tertiary/aromatic N) is 3. The molecule has 0 aliphatic heterocycles. The Labute approximate surface area is 154 Å². The minimum atomic E-state index is 0.628. The number of anilines is 1. The lowest BCUT2D eigenvalue weighted by Crippen LogP contribution is -2.33. The average molecular weight is 347 g/mol. The SMILES string of the molecule is Cc1ccc(CN=C(NCCn2cc(C)cn2)Nc2ccccc2)cc1. The van der Waals surface area contributed by atoms with E-state index < -0.39 is 0 Å². The summed E-state index contributed by atoms with van der Waals surface area (Å²) in [5, 5.41) is 11.1. The molecule has 1 heterocycles. The Bertz CT molecular complexity index is 834. The van der Waals surface area contributed by atoms with E-state index in [1.807, 2.05) is 54.3 Å². The summed E-state index contributed by atoms with van der Waals surface area (Å²) in [4.78, 5) is 4.72. The summed E-state index contributed by atoms with van der Waals surface area (Å²) in [6, 6.07) is 18.5. The fraction of sp³-hybridized carbons (Fsp3) is 0.238. The van der Waals surface area contributed by atoms with Gasteiger partial charge in [-0.1, -0.05) is 48.0 Å². The molecule has 0 spiro atoms. The van der Waals surface area contributed by atoms with E-state index in [1.54, 1.807) is 0 Å². The summed E-state index contributed by atoms with van der Waals surface area (Å²) in [5.41, 5.74) is 4.62. The predicted molar refractivity (Wildman–Crippen MR) is 107 cm³/mol. The number of aryl methyl sites for hydroxylation is 2. The van der Waals surface area contributed by atoms with Crippen LogP contribution in [0.3, 0.4) is 0 Å². The fourth-order valence-electron chi connectivity index (χ4n) is 2.54. The van der Waals surface area contributed by atoms with Crippen LogP contribution in [-0.4, -0.2) is 22.3 Å². The highest BCUT2D eigenvalue weighted by Gasteiger charge is 2.01. The number of guanidine groups is 1. The van der Waals surface area contributed by atoms with Crippen molar-refractivity contribution >= 4 is 11.6 Å². The maximum atomic E-state index is 4.72. The first-order valence-corrected chi connectivity index (χ1v) is 8.84. The van der Waals surface area contributed by atoms with Crippen molar-refractivity contribution in [2.45, 2.75) is 26.9 Å². The minimum Gasteiger partial charge on any atom is -0.354 e. The molecule has 1 aromatic heterocycles. The first-order chi connectivity index (χ1) is 12.7. The Hall–Kier alpha value is -3.08. The van der Waals surface area contributed by atoms with Crippen molar-refractivity contribution in [3.05, 3.63) is 83.7 Å². The molecule has 2 aromatic carbocycles. The quantitative estimate of drug-likeness (QED) is 0.527. The molecule has 0 aliphatic rings. The second kappa shape index (κ2) is 8.85. The topological polar surface area (TPSA) is 54.2 Å². The summed E-state index contributed by atoms with van der Waals surface area (Å²) in [5.74, 6) is 0.764. The van der Waals surface area contributed by atoms with Crippen LogP contribution in [0.15, 0.2) is 72.0 Å². The number of hydrogen-bond donors (Lipinski definition) is 2. The zero-order valence-electron chi connectivity index (χ0n) is 15.3. The van der Waals surface area contributed by atoms with Crippen LogP contribution in [-0.2, 0) is 13.1 Å². The molecular formula is C21H25N5. The van der Waals surface area contributed by atoms with E-state index in [9.17, 15) is 0 Å². The maximum absolute atomic E-state index is 4.72. The molecule has 26 heavy (non-hydrogen) atoms. The summed E-state index contributed by atoms with van der Waals surface area (Å²) in [6.07, 6.45) is 3.91. The minimum absolute atomic E-state index is 0.628. The van der Waals surface area contributed by atoms with Gasteiger partial charge in [0.05, 0.1) is 19.3 Å². The van der Waals surface area contributed by atoms with E-state index in [1.165, 1.54) is 16.7 Å². The highest BCUT2D eigenvalue weighted by atomic mass is 15.3. The lowest BCUT2D eigenvalue weighted by Gasteiger charge is -2.13. The van der Waals surface area contributed by atoms with Crippen molar-refractivity contribution < 1.29 is 0 Å². The van der Waals surface area contributed by atoms with Crippen LogP contribution in [0.1, 0.15) is 16.7 Å². The van der Waals surface area contributed by atoms with Gasteiger partial charge in [0.15, 0.2) is 5.96 Å². The lowest BCUT2D eigenvalue weighted by atomic mass is 10.1. The number of benzene rings is 2. The number of aliphatic imine (C=N–C) groups is 1. The Balaban J connectivity index is 1.64. The predicted octanol–water partition coefficient (Wildman–Crippen LogP) is 3.76. The molecule has 0 saturated heterocycles.